The number of ether oxygens (including phenoxy) is 2. The Morgan fingerprint density at radius 1 is 1.15 bits per heavy atom. The molecule has 0 bridgehead atoms. The van der Waals surface area contributed by atoms with Gasteiger partial charge in [-0.25, -0.2) is 8.42 Å². The molecule has 2 aliphatic heterocycles. The molecule has 0 saturated carbocycles. The zero-order chi connectivity index (χ0) is 23.7. The smallest absolute Gasteiger partial charge is 0.233 e. The van der Waals surface area contributed by atoms with Crippen LogP contribution in [0.5, 0.6) is 11.5 Å². The van der Waals surface area contributed by atoms with Crippen LogP contribution in [0.1, 0.15) is 13.3 Å². The predicted molar refractivity (Wildman–Crippen MR) is 128 cm³/mol. The van der Waals surface area contributed by atoms with Gasteiger partial charge < -0.3 is 14.4 Å². The molecule has 0 N–H and O–H groups in total. The quantitative estimate of drug-likeness (QED) is 0.456. The molecule has 2 aromatic carbocycles. The highest BCUT2D eigenvalue weighted by molar-refractivity contribution is 7.99. The van der Waals surface area contributed by atoms with Crippen LogP contribution in [-0.4, -0.2) is 70.6 Å². The third kappa shape index (κ3) is 4.49. The summed E-state index contributed by atoms with van der Waals surface area (Å²) in [5, 5.41) is 9.37. The molecule has 178 valence electrons. The van der Waals surface area contributed by atoms with Crippen molar-refractivity contribution in [2.24, 2.45) is 0 Å². The van der Waals surface area contributed by atoms with Crippen LogP contribution in [0.2, 0.25) is 0 Å². The van der Waals surface area contributed by atoms with Crippen molar-refractivity contribution in [3.05, 3.63) is 48.5 Å². The molecule has 1 atom stereocenters. The molecular formula is C23H24N4O5S2. The molecule has 0 radical (unpaired) electrons. The number of aromatic nitrogens is 3. The van der Waals surface area contributed by atoms with Crippen LogP contribution in [0, 0.1) is 0 Å². The van der Waals surface area contributed by atoms with Crippen molar-refractivity contribution >= 4 is 27.5 Å². The first-order valence-corrected chi connectivity index (χ1v) is 13.8. The van der Waals surface area contributed by atoms with Crippen molar-refractivity contribution < 1.29 is 22.7 Å². The number of rotatable bonds is 7. The fourth-order valence-electron chi connectivity index (χ4n) is 4.26. The SMILES string of the molecule is CCN(C(=O)CSc1nnc(-c2ccc3c(c2)OCO3)n1-c1ccccc1)[C@H]1CCS(=O)(=O)C1. The topological polar surface area (TPSA) is 104 Å². The third-order valence-corrected chi connectivity index (χ3v) is 8.58. The van der Waals surface area contributed by atoms with Crippen LogP contribution in [0.25, 0.3) is 17.1 Å². The Morgan fingerprint density at radius 3 is 2.68 bits per heavy atom. The average molecular weight is 501 g/mol. The van der Waals surface area contributed by atoms with Gasteiger partial charge in [-0.3, -0.25) is 9.36 Å². The number of amides is 1. The van der Waals surface area contributed by atoms with Gasteiger partial charge in [0.15, 0.2) is 32.3 Å². The van der Waals surface area contributed by atoms with E-state index in [1.165, 1.54) is 11.8 Å². The van der Waals surface area contributed by atoms with Crippen LogP contribution in [0.15, 0.2) is 53.7 Å². The highest BCUT2D eigenvalue weighted by atomic mass is 32.2. The Hall–Kier alpha value is -3.05. The van der Waals surface area contributed by atoms with E-state index in [0.717, 1.165) is 11.3 Å². The minimum Gasteiger partial charge on any atom is -0.454 e. The number of carbonyl (C=O) groups excluding carboxylic acids is 1. The summed E-state index contributed by atoms with van der Waals surface area (Å²) in [6, 6.07) is 15.0. The van der Waals surface area contributed by atoms with Gasteiger partial charge in [0, 0.05) is 23.8 Å². The fraction of sp³-hybridized carbons (Fsp3) is 0.348. The Balaban J connectivity index is 1.41. The second-order valence-corrected chi connectivity index (χ2v) is 11.2. The molecule has 0 aliphatic carbocycles. The minimum atomic E-state index is -3.07. The highest BCUT2D eigenvalue weighted by Crippen LogP contribution is 2.37. The van der Waals surface area contributed by atoms with E-state index >= 15 is 0 Å². The average Bonchev–Trinajstić information content (AvgIpc) is 3.56. The normalized spacial score (nSPS) is 18.2. The van der Waals surface area contributed by atoms with E-state index in [1.807, 2.05) is 60.0 Å². The number of hydrogen-bond donors (Lipinski definition) is 0. The second-order valence-electron chi connectivity index (χ2n) is 8.07. The van der Waals surface area contributed by atoms with Crippen molar-refractivity contribution in [1.29, 1.82) is 0 Å². The number of carbonyl (C=O) groups is 1. The van der Waals surface area contributed by atoms with Crippen LogP contribution in [0.3, 0.4) is 0 Å². The molecule has 1 fully saturated rings. The maximum absolute atomic E-state index is 13.0. The summed E-state index contributed by atoms with van der Waals surface area (Å²) in [6.07, 6.45) is 0.487. The van der Waals surface area contributed by atoms with Crippen molar-refractivity contribution in [3.8, 4) is 28.6 Å². The summed E-state index contributed by atoms with van der Waals surface area (Å²) < 4.78 is 36.6. The van der Waals surface area contributed by atoms with E-state index in [4.69, 9.17) is 9.47 Å². The summed E-state index contributed by atoms with van der Waals surface area (Å²) in [6.45, 7) is 2.52. The first-order valence-electron chi connectivity index (χ1n) is 11.0. The molecule has 1 amide bonds. The van der Waals surface area contributed by atoms with Crippen molar-refractivity contribution in [2.45, 2.75) is 24.5 Å². The molecule has 2 aliphatic rings. The minimum absolute atomic E-state index is 0.0334. The predicted octanol–water partition coefficient (Wildman–Crippen LogP) is 2.79. The maximum Gasteiger partial charge on any atom is 0.233 e. The number of thioether (sulfide) groups is 1. The van der Waals surface area contributed by atoms with E-state index < -0.39 is 9.84 Å². The number of sulfone groups is 1. The van der Waals surface area contributed by atoms with Crippen molar-refractivity contribution in [2.75, 3.05) is 30.6 Å². The molecule has 9 nitrogen and oxygen atoms in total. The van der Waals surface area contributed by atoms with Gasteiger partial charge in [0.25, 0.3) is 0 Å². The first kappa shape index (κ1) is 22.7. The maximum atomic E-state index is 13.0. The Morgan fingerprint density at radius 2 is 1.94 bits per heavy atom. The van der Waals surface area contributed by atoms with Gasteiger partial charge in [0.05, 0.1) is 17.3 Å². The zero-order valence-corrected chi connectivity index (χ0v) is 20.2. The van der Waals surface area contributed by atoms with E-state index in [2.05, 4.69) is 10.2 Å². The largest absolute Gasteiger partial charge is 0.454 e. The van der Waals surface area contributed by atoms with Crippen LogP contribution < -0.4 is 9.47 Å². The van der Waals surface area contributed by atoms with Gasteiger partial charge in [-0.2, -0.15) is 0 Å². The molecular weight excluding hydrogens is 476 g/mol. The van der Waals surface area contributed by atoms with Crippen LogP contribution >= 0.6 is 11.8 Å². The second kappa shape index (κ2) is 9.30. The van der Waals surface area contributed by atoms with E-state index in [-0.39, 0.29) is 36.0 Å². The van der Waals surface area contributed by atoms with E-state index in [1.54, 1.807) is 4.90 Å². The first-order chi connectivity index (χ1) is 16.4. The van der Waals surface area contributed by atoms with Gasteiger partial charge in [-0.15, -0.1) is 10.2 Å². The van der Waals surface area contributed by atoms with Crippen LogP contribution in [0.4, 0.5) is 0 Å². The molecule has 11 heteroatoms. The highest BCUT2D eigenvalue weighted by Gasteiger charge is 2.34. The lowest BCUT2D eigenvalue weighted by Crippen LogP contribution is -2.42. The number of hydrogen-bond acceptors (Lipinski definition) is 8. The molecule has 3 aromatic rings. The lowest BCUT2D eigenvalue weighted by atomic mass is 10.2. The van der Waals surface area contributed by atoms with Gasteiger partial charge in [0.2, 0.25) is 12.7 Å². The van der Waals surface area contributed by atoms with Crippen LogP contribution in [-0.2, 0) is 14.6 Å². The fourth-order valence-corrected chi connectivity index (χ4v) is 6.83. The Bertz CT molecular complexity index is 1310. The summed E-state index contributed by atoms with van der Waals surface area (Å²) in [4.78, 5) is 14.7. The van der Waals surface area contributed by atoms with Gasteiger partial charge in [-0.05, 0) is 43.7 Å². The summed E-state index contributed by atoms with van der Waals surface area (Å²) in [5.74, 6) is 2.14. The Kier molecular flexibility index (Phi) is 6.22. The van der Waals surface area contributed by atoms with Crippen molar-refractivity contribution in [3.63, 3.8) is 0 Å². The zero-order valence-electron chi connectivity index (χ0n) is 18.6. The number of benzene rings is 2. The molecule has 1 aromatic heterocycles. The summed E-state index contributed by atoms with van der Waals surface area (Å²) >= 11 is 1.29. The monoisotopic (exact) mass is 500 g/mol. The van der Waals surface area contributed by atoms with Gasteiger partial charge in [-0.1, -0.05) is 30.0 Å². The molecule has 5 rings (SSSR count). The number of nitrogens with zero attached hydrogens (tertiary/aromatic N) is 4. The van der Waals surface area contributed by atoms with E-state index in [0.29, 0.717) is 35.4 Å². The summed E-state index contributed by atoms with van der Waals surface area (Å²) in [7, 11) is -3.07. The molecule has 0 unspecified atom stereocenters. The van der Waals surface area contributed by atoms with E-state index in [9.17, 15) is 13.2 Å². The summed E-state index contributed by atoms with van der Waals surface area (Å²) in [5.41, 5.74) is 1.68. The molecule has 0 spiro atoms. The van der Waals surface area contributed by atoms with Crippen molar-refractivity contribution in [1.82, 2.24) is 19.7 Å². The number of fused-ring (bicyclic) bond motifs is 1. The molecule has 3 heterocycles. The molecule has 34 heavy (non-hydrogen) atoms. The number of para-hydroxylation sites is 1. The van der Waals surface area contributed by atoms with Gasteiger partial charge >= 0.3 is 0 Å². The standard InChI is InChI=1S/C23H24N4O5S2/c1-2-26(18-10-11-34(29,30)14-18)21(28)13-33-23-25-24-22(27(23)17-6-4-3-5-7-17)16-8-9-19-20(12-16)32-15-31-19/h3-9,12,18H,2,10-11,13-15H2,1H3/t18-/m0/s1. The molecule has 1 saturated heterocycles. The lowest BCUT2D eigenvalue weighted by Gasteiger charge is -2.26. The Labute approximate surface area is 202 Å². The lowest BCUT2D eigenvalue weighted by molar-refractivity contribution is -0.129. The van der Waals surface area contributed by atoms with Gasteiger partial charge in [0.1, 0.15) is 0 Å². The third-order valence-electron chi connectivity index (χ3n) is 5.91.